The van der Waals surface area contributed by atoms with Gasteiger partial charge < -0.3 is 4.74 Å². The predicted molar refractivity (Wildman–Crippen MR) is 77.0 cm³/mol. The van der Waals surface area contributed by atoms with Crippen LogP contribution in [0, 0.1) is 6.92 Å². The van der Waals surface area contributed by atoms with E-state index in [0.717, 1.165) is 36.4 Å². The lowest BCUT2D eigenvalue weighted by Crippen LogP contribution is -2.52. The molecule has 0 radical (unpaired) electrons. The van der Waals surface area contributed by atoms with E-state index in [1.807, 2.05) is 13.0 Å². The zero-order valence-corrected chi connectivity index (χ0v) is 12.9. The molecule has 2 heterocycles. The van der Waals surface area contributed by atoms with Crippen molar-refractivity contribution in [3.63, 3.8) is 0 Å². The van der Waals surface area contributed by atoms with Crippen LogP contribution in [0.15, 0.2) is 18.2 Å². The number of morpholine rings is 1. The molecule has 0 aliphatic carbocycles. The second-order valence-corrected chi connectivity index (χ2v) is 6.24. The molecule has 0 N–H and O–H groups in total. The van der Waals surface area contributed by atoms with Crippen LogP contribution in [0.2, 0.25) is 0 Å². The maximum absolute atomic E-state index is 6.01. The molecule has 0 saturated carbocycles. The first-order chi connectivity index (χ1) is 8.48. The molecule has 1 fully saturated rings. The zero-order chi connectivity index (χ0) is 13.2. The Balaban J connectivity index is 2.04. The maximum atomic E-state index is 6.01. The number of pyridine rings is 1. The van der Waals surface area contributed by atoms with Gasteiger partial charge in [-0.25, -0.2) is 0 Å². The van der Waals surface area contributed by atoms with Crippen LogP contribution in [0.4, 0.5) is 0 Å². The van der Waals surface area contributed by atoms with Crippen molar-refractivity contribution in [2.24, 2.45) is 0 Å². The summed E-state index contributed by atoms with van der Waals surface area (Å²) in [7, 11) is 0. The molecule has 100 valence electrons. The Morgan fingerprint density at radius 2 is 2.28 bits per heavy atom. The summed E-state index contributed by atoms with van der Waals surface area (Å²) in [6, 6.07) is 6.21. The Bertz CT molecular complexity index is 409. The average molecular weight is 313 g/mol. The van der Waals surface area contributed by atoms with Crippen molar-refractivity contribution in [2.75, 3.05) is 18.4 Å². The third-order valence-electron chi connectivity index (χ3n) is 3.06. The molecule has 0 amide bonds. The predicted octanol–water partition coefficient (Wildman–Crippen LogP) is 2.76. The first-order valence-corrected chi connectivity index (χ1v) is 7.49. The highest BCUT2D eigenvalue weighted by molar-refractivity contribution is 9.09. The van der Waals surface area contributed by atoms with Gasteiger partial charge in [-0.2, -0.15) is 0 Å². The van der Waals surface area contributed by atoms with Gasteiger partial charge in [0.1, 0.15) is 0 Å². The number of alkyl halides is 1. The SMILES string of the molecule is Cc1cccc(CN2CC(CBr)OC(C)(C)C2)n1. The maximum Gasteiger partial charge on any atom is 0.0806 e. The highest BCUT2D eigenvalue weighted by Crippen LogP contribution is 2.23. The van der Waals surface area contributed by atoms with Gasteiger partial charge in [-0.3, -0.25) is 9.88 Å². The molecule has 3 nitrogen and oxygen atoms in total. The molecule has 1 saturated heterocycles. The molecule has 1 unspecified atom stereocenters. The molecule has 0 spiro atoms. The fourth-order valence-electron chi connectivity index (χ4n) is 2.53. The smallest absolute Gasteiger partial charge is 0.0806 e. The van der Waals surface area contributed by atoms with Gasteiger partial charge in [0.15, 0.2) is 0 Å². The summed E-state index contributed by atoms with van der Waals surface area (Å²) in [5.74, 6) is 0. The highest BCUT2D eigenvalue weighted by Gasteiger charge is 2.32. The van der Waals surface area contributed by atoms with Gasteiger partial charge in [-0.05, 0) is 32.9 Å². The van der Waals surface area contributed by atoms with Crippen LogP contribution in [0.5, 0.6) is 0 Å². The lowest BCUT2D eigenvalue weighted by molar-refractivity contribution is -0.128. The Labute approximate surface area is 118 Å². The molecule has 0 bridgehead atoms. The van der Waals surface area contributed by atoms with E-state index in [2.05, 4.69) is 51.8 Å². The van der Waals surface area contributed by atoms with E-state index in [-0.39, 0.29) is 11.7 Å². The minimum Gasteiger partial charge on any atom is -0.369 e. The fraction of sp³-hybridized carbons (Fsp3) is 0.643. The second-order valence-electron chi connectivity index (χ2n) is 5.59. The third kappa shape index (κ3) is 3.77. The number of ether oxygens (including phenoxy) is 1. The van der Waals surface area contributed by atoms with Gasteiger partial charge in [0.05, 0.1) is 17.4 Å². The molecule has 18 heavy (non-hydrogen) atoms. The van der Waals surface area contributed by atoms with Crippen molar-refractivity contribution in [3.05, 3.63) is 29.6 Å². The van der Waals surface area contributed by atoms with E-state index in [1.54, 1.807) is 0 Å². The molecule has 1 aromatic rings. The lowest BCUT2D eigenvalue weighted by atomic mass is 10.1. The molecule has 4 heteroatoms. The average Bonchev–Trinajstić information content (AvgIpc) is 2.26. The monoisotopic (exact) mass is 312 g/mol. The van der Waals surface area contributed by atoms with Crippen LogP contribution < -0.4 is 0 Å². The topological polar surface area (TPSA) is 25.4 Å². The number of hydrogen-bond donors (Lipinski definition) is 0. The minimum absolute atomic E-state index is 0.0828. The molecule has 0 aromatic carbocycles. The van der Waals surface area contributed by atoms with Crippen LogP contribution in [0.3, 0.4) is 0 Å². The summed E-state index contributed by atoms with van der Waals surface area (Å²) in [6.45, 7) is 9.15. The molecule has 1 atom stereocenters. The molecule has 1 aliphatic rings. The molecular formula is C14H21BrN2O. The number of halogens is 1. The van der Waals surface area contributed by atoms with Gasteiger partial charge in [0, 0.05) is 30.7 Å². The summed E-state index contributed by atoms with van der Waals surface area (Å²) < 4.78 is 6.01. The Hall–Kier alpha value is -0.450. The molecule has 1 aromatic heterocycles. The Morgan fingerprint density at radius 1 is 1.50 bits per heavy atom. The third-order valence-corrected chi connectivity index (χ3v) is 3.78. The fourth-order valence-corrected chi connectivity index (χ4v) is 2.87. The lowest BCUT2D eigenvalue weighted by Gasteiger charge is -2.42. The van der Waals surface area contributed by atoms with Crippen LogP contribution in [-0.4, -0.2) is 40.0 Å². The minimum atomic E-state index is -0.0828. The largest absolute Gasteiger partial charge is 0.369 e. The summed E-state index contributed by atoms with van der Waals surface area (Å²) in [4.78, 5) is 7.00. The summed E-state index contributed by atoms with van der Waals surface area (Å²) >= 11 is 3.52. The highest BCUT2D eigenvalue weighted by atomic mass is 79.9. The number of rotatable bonds is 3. The summed E-state index contributed by atoms with van der Waals surface area (Å²) in [6.07, 6.45) is 0.263. The van der Waals surface area contributed by atoms with Crippen molar-refractivity contribution in [1.82, 2.24) is 9.88 Å². The van der Waals surface area contributed by atoms with E-state index in [4.69, 9.17) is 4.74 Å². The van der Waals surface area contributed by atoms with Crippen molar-refractivity contribution in [2.45, 2.75) is 39.0 Å². The first-order valence-electron chi connectivity index (χ1n) is 6.37. The van der Waals surface area contributed by atoms with E-state index < -0.39 is 0 Å². The van der Waals surface area contributed by atoms with Crippen LogP contribution in [0.1, 0.15) is 25.2 Å². The van der Waals surface area contributed by atoms with Gasteiger partial charge in [0.25, 0.3) is 0 Å². The van der Waals surface area contributed by atoms with Gasteiger partial charge in [0.2, 0.25) is 0 Å². The molecule has 1 aliphatic heterocycles. The quantitative estimate of drug-likeness (QED) is 0.803. The second kappa shape index (κ2) is 5.68. The summed E-state index contributed by atoms with van der Waals surface area (Å²) in [5.41, 5.74) is 2.14. The van der Waals surface area contributed by atoms with Crippen LogP contribution in [-0.2, 0) is 11.3 Å². The van der Waals surface area contributed by atoms with Crippen molar-refractivity contribution in [3.8, 4) is 0 Å². The van der Waals surface area contributed by atoms with Gasteiger partial charge in [-0.15, -0.1) is 0 Å². The van der Waals surface area contributed by atoms with E-state index in [1.165, 1.54) is 0 Å². The van der Waals surface area contributed by atoms with E-state index in [0.29, 0.717) is 0 Å². The normalized spacial score (nSPS) is 24.1. The Morgan fingerprint density at radius 3 is 2.94 bits per heavy atom. The van der Waals surface area contributed by atoms with Crippen molar-refractivity contribution >= 4 is 15.9 Å². The standard InChI is InChI=1S/C14H21BrN2O/c1-11-5-4-6-12(16-11)8-17-9-13(7-15)18-14(2,3)10-17/h4-6,13H,7-10H2,1-3H3. The Kier molecular flexibility index (Phi) is 4.41. The van der Waals surface area contributed by atoms with Crippen molar-refractivity contribution in [1.29, 1.82) is 0 Å². The van der Waals surface area contributed by atoms with Crippen LogP contribution >= 0.6 is 15.9 Å². The van der Waals surface area contributed by atoms with E-state index in [9.17, 15) is 0 Å². The number of aromatic nitrogens is 1. The number of aryl methyl sites for hydroxylation is 1. The summed E-state index contributed by atoms with van der Waals surface area (Å²) in [5, 5.41) is 0.883. The zero-order valence-electron chi connectivity index (χ0n) is 11.3. The van der Waals surface area contributed by atoms with Crippen molar-refractivity contribution < 1.29 is 4.74 Å². The number of nitrogens with zero attached hydrogens (tertiary/aromatic N) is 2. The van der Waals surface area contributed by atoms with Crippen LogP contribution in [0.25, 0.3) is 0 Å². The van der Waals surface area contributed by atoms with E-state index >= 15 is 0 Å². The first kappa shape index (κ1) is 14.0. The number of hydrogen-bond acceptors (Lipinski definition) is 3. The molecular weight excluding hydrogens is 292 g/mol. The molecule has 2 rings (SSSR count). The van der Waals surface area contributed by atoms with Gasteiger partial charge in [-0.1, -0.05) is 22.0 Å². The van der Waals surface area contributed by atoms with Gasteiger partial charge >= 0.3 is 0 Å².